The van der Waals surface area contributed by atoms with Crippen molar-refractivity contribution in [3.05, 3.63) is 0 Å². The molecule has 1 amide bonds. The van der Waals surface area contributed by atoms with Crippen LogP contribution in [-0.4, -0.2) is 28.9 Å². The lowest BCUT2D eigenvalue weighted by Crippen LogP contribution is -2.57. The Morgan fingerprint density at radius 2 is 2.24 bits per heavy atom. The smallest absolute Gasteiger partial charge is 0.233 e. The highest BCUT2D eigenvalue weighted by molar-refractivity contribution is 7.98. The molecule has 3 nitrogen and oxygen atoms in total. The number of hydrogen-bond acceptors (Lipinski definition) is 3. The second-order valence-corrected chi connectivity index (χ2v) is 6.54. The third-order valence-corrected chi connectivity index (χ3v) is 4.47. The molecule has 1 unspecified atom stereocenters. The van der Waals surface area contributed by atoms with Crippen molar-refractivity contribution in [3.63, 3.8) is 0 Å². The van der Waals surface area contributed by atoms with Gasteiger partial charge in [0.1, 0.15) is 0 Å². The van der Waals surface area contributed by atoms with Gasteiger partial charge in [0.05, 0.1) is 10.4 Å². The van der Waals surface area contributed by atoms with Gasteiger partial charge in [-0.1, -0.05) is 19.1 Å². The molecule has 0 heterocycles. The van der Waals surface area contributed by atoms with Gasteiger partial charge in [-0.15, -0.1) is 0 Å². The van der Waals surface area contributed by atoms with Crippen molar-refractivity contribution < 1.29 is 4.79 Å². The number of thioether (sulfide) groups is 1. The average Bonchev–Trinajstić information content (AvgIpc) is 2.20. The van der Waals surface area contributed by atoms with Gasteiger partial charge in [-0.05, 0) is 44.1 Å². The van der Waals surface area contributed by atoms with E-state index < -0.39 is 5.41 Å². The summed E-state index contributed by atoms with van der Waals surface area (Å²) < 4.78 is 0. The lowest BCUT2D eigenvalue weighted by atomic mass is 9.62. The Labute approximate surface area is 113 Å². The molecule has 0 aliphatic heterocycles. The van der Waals surface area contributed by atoms with E-state index in [2.05, 4.69) is 18.5 Å². The summed E-state index contributed by atoms with van der Waals surface area (Å²) in [6.07, 6.45) is 4.64. The zero-order valence-corrected chi connectivity index (χ0v) is 12.4. The summed E-state index contributed by atoms with van der Waals surface area (Å²) in [5.41, 5.74) is 5.17. The molecule has 1 aliphatic rings. The van der Waals surface area contributed by atoms with Crippen molar-refractivity contribution >= 4 is 34.9 Å². The predicted octanol–water partition coefficient (Wildman–Crippen LogP) is 1.95. The van der Waals surface area contributed by atoms with E-state index in [-0.39, 0.29) is 11.9 Å². The van der Waals surface area contributed by atoms with E-state index in [0.717, 1.165) is 25.0 Å². The van der Waals surface area contributed by atoms with Gasteiger partial charge in [-0.25, -0.2) is 0 Å². The van der Waals surface area contributed by atoms with E-state index in [1.54, 1.807) is 11.8 Å². The van der Waals surface area contributed by atoms with Crippen molar-refractivity contribution in [3.8, 4) is 0 Å². The number of carbonyl (C=O) groups is 1. The van der Waals surface area contributed by atoms with Crippen molar-refractivity contribution in [1.29, 1.82) is 0 Å². The summed E-state index contributed by atoms with van der Waals surface area (Å²) in [6.45, 7) is 4.16. The summed E-state index contributed by atoms with van der Waals surface area (Å²) in [7, 11) is 0. The van der Waals surface area contributed by atoms with Crippen LogP contribution in [0.5, 0.6) is 0 Å². The van der Waals surface area contributed by atoms with Crippen LogP contribution in [0.4, 0.5) is 0 Å². The van der Waals surface area contributed by atoms with E-state index in [1.807, 2.05) is 6.92 Å². The first-order valence-corrected chi connectivity index (χ1v) is 7.82. The molecule has 0 aromatic rings. The van der Waals surface area contributed by atoms with Crippen LogP contribution in [0.15, 0.2) is 0 Å². The van der Waals surface area contributed by atoms with Gasteiger partial charge in [-0.3, -0.25) is 4.79 Å². The minimum atomic E-state index is -0.567. The second-order valence-electron chi connectivity index (χ2n) is 5.12. The first-order chi connectivity index (χ1) is 7.92. The van der Waals surface area contributed by atoms with Crippen molar-refractivity contribution in [2.75, 3.05) is 12.0 Å². The summed E-state index contributed by atoms with van der Waals surface area (Å²) in [5, 5.41) is 3.04. The molecular formula is C12H22N2OS2. The molecule has 17 heavy (non-hydrogen) atoms. The van der Waals surface area contributed by atoms with E-state index >= 15 is 0 Å². The number of nitrogens with two attached hydrogens (primary N) is 1. The van der Waals surface area contributed by atoms with E-state index in [4.69, 9.17) is 18.0 Å². The third kappa shape index (κ3) is 3.35. The predicted molar refractivity (Wildman–Crippen MR) is 78.2 cm³/mol. The van der Waals surface area contributed by atoms with E-state index in [1.165, 1.54) is 0 Å². The summed E-state index contributed by atoms with van der Waals surface area (Å²) in [4.78, 5) is 12.6. The minimum absolute atomic E-state index is 0.0247. The van der Waals surface area contributed by atoms with Crippen LogP contribution in [0.3, 0.4) is 0 Å². The maximum atomic E-state index is 12.2. The molecule has 98 valence electrons. The average molecular weight is 274 g/mol. The van der Waals surface area contributed by atoms with Crippen LogP contribution in [0.1, 0.15) is 33.1 Å². The largest absolute Gasteiger partial charge is 0.392 e. The monoisotopic (exact) mass is 274 g/mol. The number of thiocarbonyl (C=S) groups is 1. The van der Waals surface area contributed by atoms with Crippen LogP contribution in [0.25, 0.3) is 0 Å². The Kier molecular flexibility index (Phi) is 5.25. The fourth-order valence-corrected chi connectivity index (χ4v) is 3.21. The molecule has 0 spiro atoms. The Hall–Kier alpha value is -0.290. The van der Waals surface area contributed by atoms with Gasteiger partial charge >= 0.3 is 0 Å². The first kappa shape index (κ1) is 14.8. The topological polar surface area (TPSA) is 55.1 Å². The van der Waals surface area contributed by atoms with Crippen LogP contribution in [-0.2, 0) is 4.79 Å². The van der Waals surface area contributed by atoms with E-state index in [9.17, 15) is 4.79 Å². The van der Waals surface area contributed by atoms with Gasteiger partial charge < -0.3 is 11.1 Å². The zero-order valence-electron chi connectivity index (χ0n) is 10.8. The molecule has 1 atom stereocenters. The number of carbonyl (C=O) groups excluding carboxylic acids is 1. The fraction of sp³-hybridized carbons (Fsp3) is 0.833. The first-order valence-electron chi connectivity index (χ1n) is 6.02. The normalized spacial score (nSPS) is 29.2. The van der Waals surface area contributed by atoms with Crippen LogP contribution < -0.4 is 11.1 Å². The van der Waals surface area contributed by atoms with Gasteiger partial charge in [-0.2, -0.15) is 11.8 Å². The standard InChI is InChI=1S/C12H22N2OS2/c1-8-6-12(7-8,10(13)16)11(15)14-9(2)4-5-17-3/h8-9H,4-7H2,1-3H3,(H2,13,16)(H,14,15). The van der Waals surface area contributed by atoms with Crippen molar-refractivity contribution in [2.24, 2.45) is 17.1 Å². The molecule has 0 aromatic carbocycles. The van der Waals surface area contributed by atoms with Gasteiger partial charge in [0, 0.05) is 6.04 Å². The van der Waals surface area contributed by atoms with Gasteiger partial charge in [0.2, 0.25) is 5.91 Å². The Morgan fingerprint density at radius 3 is 2.65 bits per heavy atom. The molecule has 3 N–H and O–H groups in total. The second kappa shape index (κ2) is 6.05. The molecule has 1 rings (SSSR count). The van der Waals surface area contributed by atoms with Gasteiger partial charge in [0.15, 0.2) is 0 Å². The van der Waals surface area contributed by atoms with Gasteiger partial charge in [0.25, 0.3) is 0 Å². The highest BCUT2D eigenvalue weighted by atomic mass is 32.2. The number of hydrogen-bond donors (Lipinski definition) is 2. The minimum Gasteiger partial charge on any atom is -0.392 e. The Bertz CT molecular complexity index is 301. The van der Waals surface area contributed by atoms with E-state index in [0.29, 0.717) is 10.9 Å². The fourth-order valence-electron chi connectivity index (χ4n) is 2.36. The van der Waals surface area contributed by atoms with Crippen LogP contribution in [0, 0.1) is 11.3 Å². The molecule has 0 radical (unpaired) electrons. The summed E-state index contributed by atoms with van der Waals surface area (Å²) in [5.74, 6) is 1.62. The number of nitrogens with one attached hydrogen (secondary N) is 1. The quantitative estimate of drug-likeness (QED) is 0.727. The zero-order chi connectivity index (χ0) is 13.1. The molecule has 1 fully saturated rings. The molecule has 0 saturated heterocycles. The van der Waals surface area contributed by atoms with Crippen molar-refractivity contribution in [1.82, 2.24) is 5.32 Å². The number of amides is 1. The maximum Gasteiger partial charge on any atom is 0.233 e. The molecule has 0 bridgehead atoms. The maximum absolute atomic E-state index is 12.2. The summed E-state index contributed by atoms with van der Waals surface area (Å²) in [6, 6.07) is 0.192. The molecule has 5 heteroatoms. The van der Waals surface area contributed by atoms with Crippen LogP contribution >= 0.6 is 24.0 Å². The highest BCUT2D eigenvalue weighted by Crippen LogP contribution is 2.46. The lowest BCUT2D eigenvalue weighted by Gasteiger charge is -2.44. The molecule has 0 aromatic heterocycles. The van der Waals surface area contributed by atoms with Crippen molar-refractivity contribution in [2.45, 2.75) is 39.2 Å². The Balaban J connectivity index is 2.53. The molecule has 1 saturated carbocycles. The highest BCUT2D eigenvalue weighted by Gasteiger charge is 2.50. The third-order valence-electron chi connectivity index (χ3n) is 3.43. The van der Waals surface area contributed by atoms with Crippen LogP contribution in [0.2, 0.25) is 0 Å². The molecular weight excluding hydrogens is 252 g/mol. The molecule has 1 aliphatic carbocycles. The summed E-state index contributed by atoms with van der Waals surface area (Å²) >= 11 is 6.85. The Morgan fingerprint density at radius 1 is 1.65 bits per heavy atom. The lowest BCUT2D eigenvalue weighted by molar-refractivity contribution is -0.133. The SMILES string of the molecule is CSCCC(C)NC(=O)C1(C(N)=S)CC(C)C1. The number of rotatable bonds is 6.